The second-order valence-electron chi connectivity index (χ2n) is 5.02. The predicted octanol–water partition coefficient (Wildman–Crippen LogP) is 3.94. The molecule has 1 unspecified atom stereocenters. The summed E-state index contributed by atoms with van der Waals surface area (Å²) >= 11 is 0. The summed E-state index contributed by atoms with van der Waals surface area (Å²) in [4.78, 5) is 13.0. The second-order valence-corrected chi connectivity index (χ2v) is 5.02. The maximum absolute atomic E-state index is 10.8. The lowest BCUT2D eigenvalue weighted by Gasteiger charge is -2.31. The van der Waals surface area contributed by atoms with Crippen LogP contribution in [0.4, 0.5) is 5.69 Å². The molecular formula is C16H25NO2. The maximum Gasteiger partial charge on any atom is 0.305 e. The third-order valence-electron chi connectivity index (χ3n) is 3.41. The molecule has 0 radical (unpaired) electrons. The number of carboxylic acids is 1. The van der Waals surface area contributed by atoms with Crippen molar-refractivity contribution < 1.29 is 9.90 Å². The fraction of sp³-hybridized carbons (Fsp3) is 0.562. The first-order chi connectivity index (χ1) is 9.15. The molecule has 1 rings (SSSR count). The number of carbonyl (C=O) groups is 1. The molecule has 0 saturated carbocycles. The van der Waals surface area contributed by atoms with Gasteiger partial charge in [0, 0.05) is 18.3 Å². The maximum atomic E-state index is 10.8. The fourth-order valence-electron chi connectivity index (χ4n) is 2.29. The van der Waals surface area contributed by atoms with Gasteiger partial charge in [0.05, 0.1) is 6.42 Å². The minimum Gasteiger partial charge on any atom is -0.481 e. The van der Waals surface area contributed by atoms with Crippen LogP contribution in [-0.2, 0) is 4.79 Å². The van der Waals surface area contributed by atoms with Gasteiger partial charge in [-0.3, -0.25) is 4.79 Å². The van der Waals surface area contributed by atoms with Gasteiger partial charge in [-0.05, 0) is 25.5 Å². The summed E-state index contributed by atoms with van der Waals surface area (Å²) in [6, 6.07) is 10.5. The molecule has 0 heterocycles. The minimum absolute atomic E-state index is 0.188. The van der Waals surface area contributed by atoms with Crippen LogP contribution in [0.25, 0.3) is 0 Å². The Labute approximate surface area is 116 Å². The molecule has 1 atom stereocenters. The Kier molecular flexibility index (Phi) is 7.01. The molecule has 3 heteroatoms. The SMILES string of the molecule is CCCCCC(C)N(CCC(=O)O)c1ccccc1. The highest BCUT2D eigenvalue weighted by atomic mass is 16.4. The Bertz CT molecular complexity index is 364. The van der Waals surface area contributed by atoms with Crippen molar-refractivity contribution in [3.05, 3.63) is 30.3 Å². The van der Waals surface area contributed by atoms with Crippen LogP contribution in [0.1, 0.15) is 46.0 Å². The molecule has 0 fully saturated rings. The third kappa shape index (κ3) is 5.77. The Morgan fingerprint density at radius 3 is 2.53 bits per heavy atom. The highest BCUT2D eigenvalue weighted by Gasteiger charge is 2.15. The van der Waals surface area contributed by atoms with Crippen molar-refractivity contribution in [2.24, 2.45) is 0 Å². The van der Waals surface area contributed by atoms with Gasteiger partial charge in [0.15, 0.2) is 0 Å². The lowest BCUT2D eigenvalue weighted by Crippen LogP contribution is -2.35. The number of rotatable bonds is 9. The zero-order chi connectivity index (χ0) is 14.1. The van der Waals surface area contributed by atoms with Crippen molar-refractivity contribution >= 4 is 11.7 Å². The molecule has 106 valence electrons. The standard InChI is InChI=1S/C16H25NO2/c1-3-4-6-9-14(2)17(13-12-16(18)19)15-10-7-5-8-11-15/h5,7-8,10-11,14H,3-4,6,9,12-13H2,1-2H3,(H,18,19). The highest BCUT2D eigenvalue weighted by Crippen LogP contribution is 2.20. The predicted molar refractivity (Wildman–Crippen MR) is 79.6 cm³/mol. The average molecular weight is 263 g/mol. The monoisotopic (exact) mass is 263 g/mol. The van der Waals surface area contributed by atoms with E-state index in [1.807, 2.05) is 18.2 Å². The van der Waals surface area contributed by atoms with Gasteiger partial charge in [-0.15, -0.1) is 0 Å². The van der Waals surface area contributed by atoms with Gasteiger partial charge in [-0.1, -0.05) is 44.4 Å². The molecule has 1 aromatic carbocycles. The van der Waals surface area contributed by atoms with E-state index in [1.165, 1.54) is 19.3 Å². The van der Waals surface area contributed by atoms with Crippen LogP contribution in [-0.4, -0.2) is 23.7 Å². The Morgan fingerprint density at radius 1 is 1.26 bits per heavy atom. The summed E-state index contributed by atoms with van der Waals surface area (Å²) in [7, 11) is 0. The first-order valence-corrected chi connectivity index (χ1v) is 7.18. The van der Waals surface area contributed by atoms with E-state index in [-0.39, 0.29) is 6.42 Å². The molecule has 0 amide bonds. The van der Waals surface area contributed by atoms with Crippen molar-refractivity contribution in [3.8, 4) is 0 Å². The molecule has 3 nitrogen and oxygen atoms in total. The molecule has 0 aliphatic carbocycles. The zero-order valence-electron chi connectivity index (χ0n) is 12.0. The number of nitrogens with zero attached hydrogens (tertiary/aromatic N) is 1. The van der Waals surface area contributed by atoms with E-state index < -0.39 is 5.97 Å². The third-order valence-corrected chi connectivity index (χ3v) is 3.41. The van der Waals surface area contributed by atoms with Gasteiger partial charge in [-0.25, -0.2) is 0 Å². The van der Waals surface area contributed by atoms with Crippen LogP contribution < -0.4 is 4.90 Å². The minimum atomic E-state index is -0.735. The van der Waals surface area contributed by atoms with Crippen LogP contribution in [0.15, 0.2) is 30.3 Å². The van der Waals surface area contributed by atoms with E-state index in [4.69, 9.17) is 5.11 Å². The second kappa shape index (κ2) is 8.57. The quantitative estimate of drug-likeness (QED) is 0.686. The number of anilines is 1. The molecule has 0 saturated heterocycles. The van der Waals surface area contributed by atoms with Crippen LogP contribution in [0, 0.1) is 0 Å². The molecule has 0 aliphatic heterocycles. The van der Waals surface area contributed by atoms with E-state index >= 15 is 0 Å². The fourth-order valence-corrected chi connectivity index (χ4v) is 2.29. The summed E-state index contributed by atoms with van der Waals surface area (Å²) in [6.07, 6.45) is 4.96. The summed E-state index contributed by atoms with van der Waals surface area (Å²) < 4.78 is 0. The number of aliphatic carboxylic acids is 1. The van der Waals surface area contributed by atoms with Crippen LogP contribution >= 0.6 is 0 Å². The van der Waals surface area contributed by atoms with E-state index in [2.05, 4.69) is 30.9 Å². The first-order valence-electron chi connectivity index (χ1n) is 7.18. The molecular weight excluding hydrogens is 238 g/mol. The van der Waals surface area contributed by atoms with E-state index in [0.29, 0.717) is 12.6 Å². The zero-order valence-corrected chi connectivity index (χ0v) is 12.0. The Balaban J connectivity index is 2.65. The Hall–Kier alpha value is -1.51. The highest BCUT2D eigenvalue weighted by molar-refractivity contribution is 5.67. The number of carboxylic acid groups (broad SMARTS) is 1. The van der Waals surface area contributed by atoms with E-state index in [1.54, 1.807) is 0 Å². The molecule has 0 aromatic heterocycles. The number of hydrogen-bond donors (Lipinski definition) is 1. The molecule has 1 N–H and O–H groups in total. The summed E-state index contributed by atoms with van der Waals surface area (Å²) in [5.41, 5.74) is 1.12. The number of para-hydroxylation sites is 1. The number of benzene rings is 1. The lowest BCUT2D eigenvalue weighted by molar-refractivity contribution is -0.136. The molecule has 1 aromatic rings. The van der Waals surface area contributed by atoms with Gasteiger partial charge in [0.2, 0.25) is 0 Å². The van der Waals surface area contributed by atoms with Crippen molar-refractivity contribution in [1.29, 1.82) is 0 Å². The van der Waals surface area contributed by atoms with Crippen LogP contribution in [0.2, 0.25) is 0 Å². The topological polar surface area (TPSA) is 40.5 Å². The van der Waals surface area contributed by atoms with Gasteiger partial charge in [0.25, 0.3) is 0 Å². The van der Waals surface area contributed by atoms with Crippen molar-refractivity contribution in [2.45, 2.75) is 52.0 Å². The van der Waals surface area contributed by atoms with E-state index in [9.17, 15) is 4.79 Å². The van der Waals surface area contributed by atoms with Gasteiger partial charge >= 0.3 is 5.97 Å². The van der Waals surface area contributed by atoms with E-state index in [0.717, 1.165) is 12.1 Å². The molecule has 0 spiro atoms. The van der Waals surface area contributed by atoms with Gasteiger partial charge in [-0.2, -0.15) is 0 Å². The Morgan fingerprint density at radius 2 is 1.95 bits per heavy atom. The summed E-state index contributed by atoms with van der Waals surface area (Å²) in [6.45, 7) is 4.96. The number of hydrogen-bond acceptors (Lipinski definition) is 2. The summed E-state index contributed by atoms with van der Waals surface area (Å²) in [5, 5.41) is 8.88. The van der Waals surface area contributed by atoms with Crippen LogP contribution in [0.5, 0.6) is 0 Å². The van der Waals surface area contributed by atoms with Gasteiger partial charge in [0.1, 0.15) is 0 Å². The molecule has 19 heavy (non-hydrogen) atoms. The van der Waals surface area contributed by atoms with Crippen molar-refractivity contribution in [1.82, 2.24) is 0 Å². The van der Waals surface area contributed by atoms with Gasteiger partial charge < -0.3 is 10.0 Å². The first kappa shape index (κ1) is 15.5. The largest absolute Gasteiger partial charge is 0.481 e. The van der Waals surface area contributed by atoms with Crippen LogP contribution in [0.3, 0.4) is 0 Å². The van der Waals surface area contributed by atoms with Crippen molar-refractivity contribution in [3.63, 3.8) is 0 Å². The number of unbranched alkanes of at least 4 members (excludes halogenated alkanes) is 2. The average Bonchev–Trinajstić information content (AvgIpc) is 2.40. The molecule has 0 aliphatic rings. The smallest absolute Gasteiger partial charge is 0.305 e. The lowest BCUT2D eigenvalue weighted by atomic mass is 10.1. The normalized spacial score (nSPS) is 12.1. The van der Waals surface area contributed by atoms with Crippen molar-refractivity contribution in [2.75, 3.05) is 11.4 Å². The molecule has 0 bridgehead atoms. The summed E-state index contributed by atoms with van der Waals surface area (Å²) in [5.74, 6) is -0.735.